The van der Waals surface area contributed by atoms with Gasteiger partial charge in [0.25, 0.3) is 34.7 Å². The molecule has 2 atom stereocenters. The zero-order valence-corrected chi connectivity index (χ0v) is 61.0. The van der Waals surface area contributed by atoms with E-state index in [0.717, 1.165) is 98.2 Å². The van der Waals surface area contributed by atoms with Crippen molar-refractivity contribution in [1.82, 2.24) is 59.6 Å². The highest BCUT2D eigenvalue weighted by atomic mass is 16.5. The topological polar surface area (TPSA) is 368 Å². The van der Waals surface area contributed by atoms with Crippen LogP contribution in [-0.2, 0) is 56.0 Å². The standard InChI is InChI=1S/C39H40N6O9.C22H26N4O3.C17H16N2O7/c1-42-21-27(24-11-12-40-20-26(24)37(42)49)23-18-31(52-2)28(32(19-23)53-3)22-43-13-15-44(16-14-43)34(47)8-5-17-54-30-7-4-6-25-35(30)39(51)45(38(25)50)29-9-10-33(46)41-36(29)48;1-25-13-18(16-4-5-24-12-17(16)22(25)27)15-10-20(28-2)19(21(11-15)29-3)14-26-8-6-23-7-9-26;20-12-7-6-10(15(23)18-12)19-16(24)9-3-1-4-11(14(9)17(19)25)26-8-2-5-13(21)22/h4,6-7,11-12,18-21,29H,5,8-10,13-17,22H2,1-3H3,(H,41,46,48);4-5,10-13,23H,6-9,14H2,1-3H3;1,3-4,10H,2,5-8H2,(H,21,22)(H,18,20,23). The number of carboxylic acid groups (broad SMARTS) is 1. The van der Waals surface area contributed by atoms with Crippen molar-refractivity contribution in [2.45, 2.75) is 76.5 Å². The highest BCUT2D eigenvalue weighted by molar-refractivity contribution is 6.25. The fourth-order valence-electron chi connectivity index (χ4n) is 14.3. The zero-order valence-electron chi connectivity index (χ0n) is 61.0. The molecule has 31 nitrogen and oxygen atoms in total. The summed E-state index contributed by atoms with van der Waals surface area (Å²) in [5.74, 6) is -2.48. The van der Waals surface area contributed by atoms with Crippen LogP contribution in [0.15, 0.2) is 120 Å². The number of imide groups is 4. The first-order chi connectivity index (χ1) is 52.6. The number of piperazine rings is 2. The molecule has 0 radical (unpaired) electrons. The number of ether oxygens (including phenoxy) is 6. The van der Waals surface area contributed by atoms with Crippen LogP contribution in [0.4, 0.5) is 0 Å². The lowest BCUT2D eigenvalue weighted by molar-refractivity contribution is -0.138. The van der Waals surface area contributed by atoms with Crippen LogP contribution in [0.1, 0.15) is 104 Å². The van der Waals surface area contributed by atoms with E-state index in [0.29, 0.717) is 61.4 Å². The van der Waals surface area contributed by atoms with E-state index in [9.17, 15) is 57.5 Å². The minimum Gasteiger partial charge on any atom is -0.496 e. The van der Waals surface area contributed by atoms with Crippen molar-refractivity contribution in [3.05, 3.63) is 164 Å². The number of aromatic nitrogens is 4. The van der Waals surface area contributed by atoms with Crippen LogP contribution in [0.2, 0.25) is 0 Å². The average molecular weight is 1490 g/mol. The number of benzene rings is 4. The number of hydrogen-bond acceptors (Lipinski definition) is 23. The van der Waals surface area contributed by atoms with Crippen LogP contribution in [0.25, 0.3) is 43.8 Å². The first-order valence-corrected chi connectivity index (χ1v) is 35.6. The fourth-order valence-corrected chi connectivity index (χ4v) is 14.3. The summed E-state index contributed by atoms with van der Waals surface area (Å²) in [7, 11) is 10.1. The van der Waals surface area contributed by atoms with Crippen LogP contribution in [0.3, 0.4) is 0 Å². The molecule has 14 rings (SSSR count). The maximum Gasteiger partial charge on any atom is 0.303 e. The van der Waals surface area contributed by atoms with E-state index >= 15 is 0 Å². The highest BCUT2D eigenvalue weighted by Crippen LogP contribution is 2.41. The molecule has 10 heterocycles. The van der Waals surface area contributed by atoms with Gasteiger partial charge in [-0.2, -0.15) is 0 Å². The molecule has 9 amide bonds. The Morgan fingerprint density at radius 1 is 0.495 bits per heavy atom. The van der Waals surface area contributed by atoms with Crippen LogP contribution < -0.4 is 55.5 Å². The number of amides is 9. The molecule has 4 saturated heterocycles. The second-order valence-corrected chi connectivity index (χ2v) is 26.7. The molecule has 4 fully saturated rings. The number of nitrogens with zero attached hydrogens (tertiary/aromatic N) is 9. The quantitative estimate of drug-likeness (QED) is 0.0519. The molecule has 4 aromatic carbocycles. The minimum atomic E-state index is -1.07. The van der Waals surface area contributed by atoms with Gasteiger partial charge in [-0.3, -0.25) is 97.7 Å². The highest BCUT2D eigenvalue weighted by Gasteiger charge is 2.48. The number of pyridine rings is 4. The second kappa shape index (κ2) is 33.7. The normalized spacial score (nSPS) is 17.2. The van der Waals surface area contributed by atoms with Gasteiger partial charge in [0.1, 0.15) is 46.6 Å². The Morgan fingerprint density at radius 3 is 1.31 bits per heavy atom. The number of fused-ring (bicyclic) bond motifs is 4. The Kier molecular flexibility index (Phi) is 23.6. The molecule has 109 heavy (non-hydrogen) atoms. The summed E-state index contributed by atoms with van der Waals surface area (Å²) in [6.07, 6.45) is 11.2. The summed E-state index contributed by atoms with van der Waals surface area (Å²) in [4.78, 5) is 165. The molecule has 568 valence electrons. The molecule has 0 bridgehead atoms. The molecule has 4 N–H and O–H groups in total. The third-order valence-corrected chi connectivity index (χ3v) is 20.0. The molecule has 8 aromatic rings. The van der Waals surface area contributed by atoms with Crippen molar-refractivity contribution in [3.8, 4) is 56.8 Å². The Hall–Kier alpha value is -12.2. The van der Waals surface area contributed by atoms with E-state index in [1.165, 1.54) is 18.2 Å². The van der Waals surface area contributed by atoms with Gasteiger partial charge in [0, 0.05) is 154 Å². The second-order valence-electron chi connectivity index (χ2n) is 26.7. The summed E-state index contributed by atoms with van der Waals surface area (Å²) < 4.78 is 37.7. The Morgan fingerprint density at radius 2 is 0.908 bits per heavy atom. The number of hydrogen-bond donors (Lipinski definition) is 4. The third kappa shape index (κ3) is 16.2. The summed E-state index contributed by atoms with van der Waals surface area (Å²) in [6, 6.07) is 18.8. The van der Waals surface area contributed by atoms with Gasteiger partial charge in [0.05, 0.1) is 85.8 Å². The maximum absolute atomic E-state index is 13.3. The number of methoxy groups -OCH3 is 4. The van der Waals surface area contributed by atoms with Crippen molar-refractivity contribution in [2.24, 2.45) is 14.1 Å². The molecule has 0 saturated carbocycles. The summed E-state index contributed by atoms with van der Waals surface area (Å²) >= 11 is 0. The molecule has 2 unspecified atom stereocenters. The van der Waals surface area contributed by atoms with Gasteiger partial charge < -0.3 is 52.9 Å². The molecule has 0 aliphatic carbocycles. The zero-order chi connectivity index (χ0) is 77.3. The lowest BCUT2D eigenvalue weighted by atomic mass is 9.99. The summed E-state index contributed by atoms with van der Waals surface area (Å²) in [5.41, 5.74) is 5.68. The van der Waals surface area contributed by atoms with Crippen LogP contribution in [-0.4, -0.2) is 214 Å². The van der Waals surface area contributed by atoms with Gasteiger partial charge in [0.2, 0.25) is 29.5 Å². The van der Waals surface area contributed by atoms with Gasteiger partial charge >= 0.3 is 5.97 Å². The third-order valence-electron chi connectivity index (χ3n) is 20.0. The van der Waals surface area contributed by atoms with E-state index in [1.807, 2.05) is 47.5 Å². The lowest BCUT2D eigenvalue weighted by Gasteiger charge is -2.35. The predicted octanol–water partition coefficient (Wildman–Crippen LogP) is 4.88. The summed E-state index contributed by atoms with van der Waals surface area (Å²) in [6.45, 7) is 7.86. The van der Waals surface area contributed by atoms with Gasteiger partial charge in [-0.25, -0.2) is 0 Å². The molecule has 31 heteroatoms. The van der Waals surface area contributed by atoms with E-state index in [1.54, 1.807) is 101 Å². The number of rotatable bonds is 22. The average Bonchev–Trinajstić information content (AvgIpc) is 1.41. The Bertz CT molecular complexity index is 5030. The van der Waals surface area contributed by atoms with Crippen molar-refractivity contribution in [1.29, 1.82) is 0 Å². The maximum atomic E-state index is 13.3. The number of aliphatic carboxylic acids is 1. The van der Waals surface area contributed by atoms with Crippen LogP contribution in [0, 0.1) is 0 Å². The van der Waals surface area contributed by atoms with Gasteiger partial charge in [-0.15, -0.1) is 0 Å². The first kappa shape index (κ1) is 76.4. The largest absolute Gasteiger partial charge is 0.496 e. The van der Waals surface area contributed by atoms with Gasteiger partial charge in [0.15, 0.2) is 0 Å². The SMILES string of the molecule is COc1cc(-c2cn(C)c(=O)c3cnccc23)cc(OC)c1CN1CCN(C(=O)CCCOc2cccc3c2C(=O)N(C2CCC(=O)NC2=O)C3=O)CC1.COc1cc(-c2cn(C)c(=O)c3cnccc23)cc(OC)c1CN1CCNCC1.O=C(O)CCCOc1cccc2c1C(=O)N(C1CCC(=O)NC1=O)C2=O. The number of piperidine rings is 2. The predicted molar refractivity (Wildman–Crippen MR) is 394 cm³/mol. The number of carbonyl (C=O) groups excluding carboxylic acids is 9. The Balaban J connectivity index is 0.000000169. The monoisotopic (exact) mass is 1490 g/mol. The molecule has 0 spiro atoms. The number of carboxylic acids is 1. The fraction of sp³-hybridized carbons (Fsp3) is 0.359. The Labute approximate surface area is 624 Å². The van der Waals surface area contributed by atoms with Gasteiger partial charge in [-0.05, 0) is 108 Å². The van der Waals surface area contributed by atoms with Crippen molar-refractivity contribution in [2.75, 3.05) is 94.0 Å². The molecule has 4 aromatic heterocycles. The number of aryl methyl sites for hydroxylation is 2. The van der Waals surface area contributed by atoms with E-state index in [2.05, 4.69) is 35.7 Å². The minimum absolute atomic E-state index is 0.00831. The number of carbonyl (C=O) groups is 10. The van der Waals surface area contributed by atoms with Crippen LogP contribution >= 0.6 is 0 Å². The summed E-state index contributed by atoms with van der Waals surface area (Å²) in [5, 5.41) is 19.1. The van der Waals surface area contributed by atoms with E-state index in [4.69, 9.17) is 33.5 Å². The van der Waals surface area contributed by atoms with Crippen LogP contribution in [0.5, 0.6) is 34.5 Å². The smallest absolute Gasteiger partial charge is 0.303 e. The molecular formula is C78H82N12O19. The molecule has 6 aliphatic heterocycles. The molecule has 6 aliphatic rings. The van der Waals surface area contributed by atoms with E-state index < -0.39 is 65.3 Å². The van der Waals surface area contributed by atoms with Crippen molar-refractivity contribution >= 4 is 80.7 Å². The van der Waals surface area contributed by atoms with Crippen molar-refractivity contribution in [3.63, 3.8) is 0 Å². The molecular weight excluding hydrogens is 1410 g/mol. The van der Waals surface area contributed by atoms with Crippen molar-refractivity contribution < 1.29 is 81.5 Å². The van der Waals surface area contributed by atoms with E-state index in [-0.39, 0.29) is 109 Å². The lowest BCUT2D eigenvalue weighted by Crippen LogP contribution is -2.54. The first-order valence-electron chi connectivity index (χ1n) is 35.6. The number of nitrogens with one attached hydrogen (secondary N) is 3. The van der Waals surface area contributed by atoms with Gasteiger partial charge in [-0.1, -0.05) is 12.1 Å².